The van der Waals surface area contributed by atoms with E-state index in [1.165, 1.54) is 10.9 Å². The molecule has 0 saturated carbocycles. The van der Waals surface area contributed by atoms with Crippen LogP contribution < -0.4 is 5.32 Å². The monoisotopic (exact) mass is 333 g/mol. The van der Waals surface area contributed by atoms with Crippen LogP contribution in [0.2, 0.25) is 0 Å². The molecule has 0 aromatic carbocycles. The normalized spacial score (nSPS) is 12.8. The van der Waals surface area contributed by atoms with Gasteiger partial charge in [-0.3, -0.25) is 4.68 Å². The van der Waals surface area contributed by atoms with Crippen molar-refractivity contribution in [1.82, 2.24) is 15.1 Å². The zero-order valence-electron chi connectivity index (χ0n) is 10.9. The van der Waals surface area contributed by atoms with E-state index in [2.05, 4.69) is 26.3 Å². The van der Waals surface area contributed by atoms with E-state index in [4.69, 9.17) is 9.84 Å². The summed E-state index contributed by atoms with van der Waals surface area (Å²) >= 11 is 3.22. The molecule has 0 bridgehead atoms. The standard InChI is InChI=1S/C11H16BrN3O4/c1-11(2,3)19-10(18)14-7(9(16)17)6-15-8(12)4-5-13-15/h4-5,7H,6H2,1-3H3,(H,14,18)(H,16,17). The van der Waals surface area contributed by atoms with Crippen LogP contribution in [0.15, 0.2) is 16.9 Å². The Labute approximate surface area is 119 Å². The number of ether oxygens (including phenoxy) is 1. The lowest BCUT2D eigenvalue weighted by Crippen LogP contribution is -2.45. The van der Waals surface area contributed by atoms with Gasteiger partial charge < -0.3 is 15.2 Å². The topological polar surface area (TPSA) is 93.5 Å². The van der Waals surface area contributed by atoms with Gasteiger partial charge in [-0.15, -0.1) is 0 Å². The Morgan fingerprint density at radius 2 is 2.21 bits per heavy atom. The number of carboxylic acids is 1. The molecule has 0 spiro atoms. The first-order chi connectivity index (χ1) is 8.69. The molecule has 1 amide bonds. The van der Waals surface area contributed by atoms with Gasteiger partial charge in [-0.1, -0.05) is 0 Å². The summed E-state index contributed by atoms with van der Waals surface area (Å²) in [7, 11) is 0. The van der Waals surface area contributed by atoms with Crippen LogP contribution in [0.4, 0.5) is 4.79 Å². The SMILES string of the molecule is CC(C)(C)OC(=O)NC(Cn1nccc1Br)C(=O)O. The molecule has 0 radical (unpaired) electrons. The van der Waals surface area contributed by atoms with E-state index in [0.717, 1.165) is 0 Å². The van der Waals surface area contributed by atoms with E-state index in [0.29, 0.717) is 4.60 Å². The quantitative estimate of drug-likeness (QED) is 0.873. The zero-order valence-corrected chi connectivity index (χ0v) is 12.5. The van der Waals surface area contributed by atoms with Crippen LogP contribution in [0.5, 0.6) is 0 Å². The third kappa shape index (κ3) is 5.29. The summed E-state index contributed by atoms with van der Waals surface area (Å²) in [5.41, 5.74) is -0.681. The second-order valence-electron chi connectivity index (χ2n) is 4.87. The van der Waals surface area contributed by atoms with Crippen LogP contribution in [-0.4, -0.2) is 38.6 Å². The number of hydrogen-bond donors (Lipinski definition) is 2. The van der Waals surface area contributed by atoms with Crippen molar-refractivity contribution >= 4 is 28.0 Å². The average molecular weight is 334 g/mol. The predicted octanol–water partition coefficient (Wildman–Crippen LogP) is 1.62. The Hall–Kier alpha value is -1.57. The van der Waals surface area contributed by atoms with Crippen LogP contribution in [0.1, 0.15) is 20.8 Å². The number of nitrogens with zero attached hydrogens (tertiary/aromatic N) is 2. The molecule has 1 aromatic heterocycles. The molecule has 0 aliphatic carbocycles. The maximum Gasteiger partial charge on any atom is 0.408 e. The largest absolute Gasteiger partial charge is 0.480 e. The minimum atomic E-state index is -1.16. The van der Waals surface area contributed by atoms with Crippen molar-refractivity contribution in [3.8, 4) is 0 Å². The Morgan fingerprint density at radius 3 is 2.63 bits per heavy atom. The van der Waals surface area contributed by atoms with Crippen molar-refractivity contribution < 1.29 is 19.4 Å². The van der Waals surface area contributed by atoms with Crippen LogP contribution in [0.25, 0.3) is 0 Å². The van der Waals surface area contributed by atoms with Gasteiger partial charge in [0.25, 0.3) is 0 Å². The number of halogens is 1. The van der Waals surface area contributed by atoms with Crippen LogP contribution in [0, 0.1) is 0 Å². The summed E-state index contributed by atoms with van der Waals surface area (Å²) in [4.78, 5) is 22.7. The molecule has 1 heterocycles. The highest BCUT2D eigenvalue weighted by molar-refractivity contribution is 9.10. The van der Waals surface area contributed by atoms with Gasteiger partial charge in [0.15, 0.2) is 0 Å². The molecule has 1 aromatic rings. The van der Waals surface area contributed by atoms with Gasteiger partial charge in [0.2, 0.25) is 0 Å². The second kappa shape index (κ2) is 6.05. The van der Waals surface area contributed by atoms with Crippen molar-refractivity contribution in [3.05, 3.63) is 16.9 Å². The number of carbonyl (C=O) groups is 2. The highest BCUT2D eigenvalue weighted by atomic mass is 79.9. The third-order valence-corrected chi connectivity index (χ3v) is 2.68. The minimum Gasteiger partial charge on any atom is -0.480 e. The Kier molecular flexibility index (Phi) is 4.93. The molecule has 106 valence electrons. The molecule has 8 heteroatoms. The number of aromatic nitrogens is 2. The number of hydrogen-bond acceptors (Lipinski definition) is 4. The molecule has 2 N–H and O–H groups in total. The summed E-state index contributed by atoms with van der Waals surface area (Å²) < 4.78 is 7.07. The lowest BCUT2D eigenvalue weighted by Gasteiger charge is -2.22. The molecule has 0 fully saturated rings. The molecular formula is C11H16BrN3O4. The molecule has 19 heavy (non-hydrogen) atoms. The van der Waals surface area contributed by atoms with E-state index < -0.39 is 23.7 Å². The first kappa shape index (κ1) is 15.5. The molecule has 0 saturated heterocycles. The smallest absolute Gasteiger partial charge is 0.408 e. The molecule has 7 nitrogen and oxygen atoms in total. The number of rotatable bonds is 4. The van der Waals surface area contributed by atoms with Crippen molar-refractivity contribution in [1.29, 1.82) is 0 Å². The van der Waals surface area contributed by atoms with Crippen molar-refractivity contribution in [2.24, 2.45) is 0 Å². The average Bonchev–Trinajstić information content (AvgIpc) is 2.60. The van der Waals surface area contributed by atoms with Crippen LogP contribution in [0.3, 0.4) is 0 Å². The maximum atomic E-state index is 11.5. The lowest BCUT2D eigenvalue weighted by atomic mass is 10.2. The summed E-state index contributed by atoms with van der Waals surface area (Å²) in [6.45, 7) is 5.10. The molecule has 1 unspecified atom stereocenters. The number of carbonyl (C=O) groups excluding carboxylic acids is 1. The van der Waals surface area contributed by atoms with Gasteiger partial charge in [0.05, 0.1) is 12.7 Å². The highest BCUT2D eigenvalue weighted by Crippen LogP contribution is 2.10. The minimum absolute atomic E-state index is 0.00214. The number of nitrogens with one attached hydrogen (secondary N) is 1. The van der Waals surface area contributed by atoms with Crippen molar-refractivity contribution in [3.63, 3.8) is 0 Å². The van der Waals surface area contributed by atoms with Gasteiger partial charge >= 0.3 is 12.1 Å². The van der Waals surface area contributed by atoms with Crippen LogP contribution in [-0.2, 0) is 16.1 Å². The van der Waals surface area contributed by atoms with E-state index in [1.54, 1.807) is 26.8 Å². The Bertz CT molecular complexity index is 467. The van der Waals surface area contributed by atoms with E-state index in [-0.39, 0.29) is 6.54 Å². The zero-order chi connectivity index (χ0) is 14.6. The fraction of sp³-hybridized carbons (Fsp3) is 0.545. The molecule has 1 rings (SSSR count). The number of amides is 1. The van der Waals surface area contributed by atoms with Gasteiger partial charge in [-0.25, -0.2) is 9.59 Å². The van der Waals surface area contributed by atoms with Gasteiger partial charge in [0.1, 0.15) is 16.2 Å². The van der Waals surface area contributed by atoms with E-state index in [9.17, 15) is 9.59 Å². The first-order valence-electron chi connectivity index (χ1n) is 5.58. The third-order valence-electron chi connectivity index (χ3n) is 2.01. The fourth-order valence-electron chi connectivity index (χ4n) is 1.26. The van der Waals surface area contributed by atoms with E-state index >= 15 is 0 Å². The molecule has 0 aliphatic rings. The van der Waals surface area contributed by atoms with Crippen molar-refractivity contribution in [2.45, 2.75) is 39.0 Å². The second-order valence-corrected chi connectivity index (χ2v) is 5.69. The predicted molar refractivity (Wildman–Crippen MR) is 70.7 cm³/mol. The number of alkyl carbamates (subject to hydrolysis) is 1. The van der Waals surface area contributed by atoms with Crippen LogP contribution >= 0.6 is 15.9 Å². The molecular weight excluding hydrogens is 318 g/mol. The van der Waals surface area contributed by atoms with Gasteiger partial charge in [-0.2, -0.15) is 5.10 Å². The summed E-state index contributed by atoms with van der Waals surface area (Å²) in [5, 5.41) is 15.3. The van der Waals surface area contributed by atoms with Crippen molar-refractivity contribution in [2.75, 3.05) is 0 Å². The summed E-state index contributed by atoms with van der Waals surface area (Å²) in [5.74, 6) is -1.16. The van der Waals surface area contributed by atoms with E-state index in [1.807, 2.05) is 0 Å². The lowest BCUT2D eigenvalue weighted by molar-refractivity contribution is -0.139. The summed E-state index contributed by atoms with van der Waals surface area (Å²) in [6.07, 6.45) is 0.749. The maximum absolute atomic E-state index is 11.5. The number of aliphatic carboxylic acids is 1. The number of carboxylic acid groups (broad SMARTS) is 1. The van der Waals surface area contributed by atoms with Gasteiger partial charge in [-0.05, 0) is 42.8 Å². The fourth-order valence-corrected chi connectivity index (χ4v) is 1.61. The first-order valence-corrected chi connectivity index (χ1v) is 6.38. The van der Waals surface area contributed by atoms with Gasteiger partial charge in [0, 0.05) is 0 Å². The Morgan fingerprint density at radius 1 is 1.58 bits per heavy atom. The molecule has 1 atom stereocenters. The Balaban J connectivity index is 2.67. The summed E-state index contributed by atoms with van der Waals surface area (Å²) in [6, 6.07) is 0.554. The highest BCUT2D eigenvalue weighted by Gasteiger charge is 2.24. The molecule has 0 aliphatic heterocycles.